The number of ketones is 1. The van der Waals surface area contributed by atoms with E-state index >= 15 is 0 Å². The van der Waals surface area contributed by atoms with Crippen LogP contribution in [0.25, 0.3) is 5.76 Å². The van der Waals surface area contributed by atoms with E-state index in [9.17, 15) is 14.7 Å². The van der Waals surface area contributed by atoms with Gasteiger partial charge in [-0.2, -0.15) is 0 Å². The highest BCUT2D eigenvalue weighted by Gasteiger charge is 2.47. The number of ether oxygens (including phenoxy) is 2. The Morgan fingerprint density at radius 3 is 2.19 bits per heavy atom. The van der Waals surface area contributed by atoms with Crippen LogP contribution in [0.15, 0.2) is 78.4 Å². The highest BCUT2D eigenvalue weighted by molar-refractivity contribution is 6.51. The molecule has 1 atom stereocenters. The molecule has 1 saturated heterocycles. The summed E-state index contributed by atoms with van der Waals surface area (Å²) in [5.74, 6) is -0.841. The summed E-state index contributed by atoms with van der Waals surface area (Å²) in [5.41, 5.74) is 1.48. The van der Waals surface area contributed by atoms with E-state index in [1.54, 1.807) is 66.7 Å². The summed E-state index contributed by atoms with van der Waals surface area (Å²) < 4.78 is 10.7. The Morgan fingerprint density at radius 2 is 1.56 bits per heavy atom. The maximum atomic E-state index is 13.1. The molecule has 1 aliphatic rings. The van der Waals surface area contributed by atoms with Crippen LogP contribution in [0.2, 0.25) is 5.02 Å². The number of hydrogen-bond acceptors (Lipinski definition) is 5. The highest BCUT2D eigenvalue weighted by atomic mass is 35.5. The monoisotopic (exact) mass is 449 g/mol. The SMILES string of the molecule is COc1ccc([C@@H]2/C(=C(\O)c3ccc(Cl)cc3)C(=O)C(=O)N2c2ccccc2)cc1OC. The number of amides is 1. The minimum absolute atomic E-state index is 0.0200. The smallest absolute Gasteiger partial charge is 0.300 e. The van der Waals surface area contributed by atoms with Gasteiger partial charge >= 0.3 is 0 Å². The van der Waals surface area contributed by atoms with Crippen molar-refractivity contribution < 1.29 is 24.2 Å². The van der Waals surface area contributed by atoms with Gasteiger partial charge in [0.25, 0.3) is 11.7 Å². The number of aliphatic hydroxyl groups is 1. The Labute approximate surface area is 190 Å². The van der Waals surface area contributed by atoms with E-state index < -0.39 is 17.7 Å². The second-order valence-electron chi connectivity index (χ2n) is 7.13. The van der Waals surface area contributed by atoms with Gasteiger partial charge in [0.05, 0.1) is 25.8 Å². The normalized spacial score (nSPS) is 17.5. The van der Waals surface area contributed by atoms with Gasteiger partial charge in [-0.1, -0.05) is 35.9 Å². The van der Waals surface area contributed by atoms with Gasteiger partial charge in [-0.15, -0.1) is 0 Å². The molecule has 1 N–H and O–H groups in total. The number of carbonyl (C=O) groups is 2. The Bertz CT molecular complexity index is 1200. The van der Waals surface area contributed by atoms with Crippen molar-refractivity contribution >= 4 is 34.7 Å². The van der Waals surface area contributed by atoms with Crippen molar-refractivity contribution in [1.29, 1.82) is 0 Å². The van der Waals surface area contributed by atoms with E-state index in [4.69, 9.17) is 21.1 Å². The fraction of sp³-hybridized carbons (Fsp3) is 0.120. The second-order valence-corrected chi connectivity index (χ2v) is 7.56. The number of benzene rings is 3. The molecule has 0 aromatic heterocycles. The van der Waals surface area contributed by atoms with Gasteiger partial charge in [0.1, 0.15) is 5.76 Å². The van der Waals surface area contributed by atoms with Crippen molar-refractivity contribution in [3.05, 3.63) is 94.5 Å². The molecule has 3 aromatic rings. The molecule has 162 valence electrons. The number of anilines is 1. The number of rotatable bonds is 5. The van der Waals surface area contributed by atoms with Gasteiger partial charge in [0.15, 0.2) is 11.5 Å². The molecule has 1 heterocycles. The summed E-state index contributed by atoms with van der Waals surface area (Å²) in [5, 5.41) is 11.6. The Hall–Kier alpha value is -3.77. The summed E-state index contributed by atoms with van der Waals surface area (Å²) in [7, 11) is 3.03. The zero-order chi connectivity index (χ0) is 22.8. The molecule has 0 bridgehead atoms. The molecule has 1 amide bonds. The number of aliphatic hydroxyl groups excluding tert-OH is 1. The van der Waals surface area contributed by atoms with Gasteiger partial charge < -0.3 is 14.6 Å². The van der Waals surface area contributed by atoms with Crippen LogP contribution in [0.3, 0.4) is 0 Å². The first kappa shape index (κ1) is 21.5. The van der Waals surface area contributed by atoms with Gasteiger partial charge in [-0.05, 0) is 54.1 Å². The van der Waals surface area contributed by atoms with Crippen molar-refractivity contribution in [3.63, 3.8) is 0 Å². The number of methoxy groups -OCH3 is 2. The van der Waals surface area contributed by atoms with Crippen molar-refractivity contribution in [2.24, 2.45) is 0 Å². The number of Topliss-reactive ketones (excluding diaryl/α,β-unsaturated/α-hetero) is 1. The average molecular weight is 450 g/mol. The molecular formula is C25H20ClNO5. The molecule has 0 radical (unpaired) electrons. The van der Waals surface area contributed by atoms with E-state index in [0.29, 0.717) is 33.3 Å². The molecule has 6 nitrogen and oxygen atoms in total. The van der Waals surface area contributed by atoms with Crippen LogP contribution in [-0.2, 0) is 9.59 Å². The minimum Gasteiger partial charge on any atom is -0.507 e. The Balaban J connectivity index is 1.96. The standard InChI is InChI=1S/C25H20ClNO5/c1-31-19-13-10-16(14-20(19)32-2)22-21(23(28)15-8-11-17(26)12-9-15)24(29)25(30)27(22)18-6-4-3-5-7-18/h3-14,22,28H,1-2H3/b23-21+/t22-/m1/s1. The summed E-state index contributed by atoms with van der Waals surface area (Å²) >= 11 is 5.96. The second kappa shape index (κ2) is 8.77. The molecule has 1 fully saturated rings. The first-order chi connectivity index (χ1) is 15.5. The van der Waals surface area contributed by atoms with E-state index in [1.165, 1.54) is 19.1 Å². The van der Waals surface area contributed by atoms with Crippen LogP contribution in [0.4, 0.5) is 5.69 Å². The molecular weight excluding hydrogens is 430 g/mol. The number of halogens is 1. The first-order valence-electron chi connectivity index (χ1n) is 9.80. The third-order valence-electron chi connectivity index (χ3n) is 5.32. The number of para-hydroxylation sites is 1. The summed E-state index contributed by atoms with van der Waals surface area (Å²) in [4.78, 5) is 27.6. The molecule has 4 rings (SSSR count). The van der Waals surface area contributed by atoms with Crippen LogP contribution in [0.5, 0.6) is 11.5 Å². The Kier molecular flexibility index (Phi) is 5.88. The van der Waals surface area contributed by atoms with Crippen LogP contribution >= 0.6 is 11.6 Å². The van der Waals surface area contributed by atoms with E-state index in [-0.39, 0.29) is 11.3 Å². The van der Waals surface area contributed by atoms with Crippen molar-refractivity contribution in [1.82, 2.24) is 0 Å². The summed E-state index contributed by atoms with van der Waals surface area (Å²) in [6.45, 7) is 0. The topological polar surface area (TPSA) is 76.1 Å². The molecule has 1 aliphatic heterocycles. The lowest BCUT2D eigenvalue weighted by Crippen LogP contribution is -2.29. The summed E-state index contributed by atoms with van der Waals surface area (Å²) in [6, 6.07) is 19.5. The van der Waals surface area contributed by atoms with E-state index in [0.717, 1.165) is 0 Å². The van der Waals surface area contributed by atoms with Crippen LogP contribution in [0, 0.1) is 0 Å². The van der Waals surface area contributed by atoms with Gasteiger partial charge in [0.2, 0.25) is 0 Å². The lowest BCUT2D eigenvalue weighted by Gasteiger charge is -2.26. The summed E-state index contributed by atoms with van der Waals surface area (Å²) in [6.07, 6.45) is 0. The van der Waals surface area contributed by atoms with Crippen molar-refractivity contribution in [3.8, 4) is 11.5 Å². The Morgan fingerprint density at radius 1 is 0.906 bits per heavy atom. The molecule has 0 spiro atoms. The molecule has 3 aromatic carbocycles. The number of carbonyl (C=O) groups excluding carboxylic acids is 2. The predicted molar refractivity (Wildman–Crippen MR) is 122 cm³/mol. The van der Waals surface area contributed by atoms with Crippen LogP contribution in [0.1, 0.15) is 17.2 Å². The molecule has 0 unspecified atom stereocenters. The zero-order valence-electron chi connectivity index (χ0n) is 17.4. The lowest BCUT2D eigenvalue weighted by molar-refractivity contribution is -0.132. The molecule has 7 heteroatoms. The average Bonchev–Trinajstić information content (AvgIpc) is 3.09. The maximum Gasteiger partial charge on any atom is 0.300 e. The third-order valence-corrected chi connectivity index (χ3v) is 5.57. The largest absolute Gasteiger partial charge is 0.507 e. The highest BCUT2D eigenvalue weighted by Crippen LogP contribution is 2.44. The minimum atomic E-state index is -0.868. The fourth-order valence-electron chi connectivity index (χ4n) is 3.79. The number of hydrogen-bond donors (Lipinski definition) is 1. The first-order valence-corrected chi connectivity index (χ1v) is 10.2. The van der Waals surface area contributed by atoms with Crippen LogP contribution in [-0.4, -0.2) is 31.0 Å². The van der Waals surface area contributed by atoms with Gasteiger partial charge in [-0.25, -0.2) is 0 Å². The third kappa shape index (κ3) is 3.69. The fourth-order valence-corrected chi connectivity index (χ4v) is 3.91. The number of nitrogens with zero attached hydrogens (tertiary/aromatic N) is 1. The predicted octanol–water partition coefficient (Wildman–Crippen LogP) is 4.98. The zero-order valence-corrected chi connectivity index (χ0v) is 18.2. The van der Waals surface area contributed by atoms with Crippen molar-refractivity contribution in [2.75, 3.05) is 19.1 Å². The molecule has 0 aliphatic carbocycles. The van der Waals surface area contributed by atoms with E-state index in [1.807, 2.05) is 6.07 Å². The quantitative estimate of drug-likeness (QED) is 0.337. The maximum absolute atomic E-state index is 13.1. The van der Waals surface area contributed by atoms with Crippen molar-refractivity contribution in [2.45, 2.75) is 6.04 Å². The lowest BCUT2D eigenvalue weighted by atomic mass is 9.94. The van der Waals surface area contributed by atoms with Gasteiger partial charge in [-0.3, -0.25) is 14.5 Å². The molecule has 32 heavy (non-hydrogen) atoms. The van der Waals surface area contributed by atoms with E-state index in [2.05, 4.69) is 0 Å². The molecule has 0 saturated carbocycles. The van der Waals surface area contributed by atoms with Crippen LogP contribution < -0.4 is 14.4 Å². The van der Waals surface area contributed by atoms with Gasteiger partial charge in [0, 0.05) is 16.3 Å².